The maximum atomic E-state index is 12.7. The summed E-state index contributed by atoms with van der Waals surface area (Å²) in [4.78, 5) is 11.7. The van der Waals surface area contributed by atoms with Gasteiger partial charge in [-0.3, -0.25) is 4.79 Å². The Balaban J connectivity index is 1.76. The summed E-state index contributed by atoms with van der Waals surface area (Å²) in [7, 11) is -4.44. The third-order valence-corrected chi connectivity index (χ3v) is 5.93. The van der Waals surface area contributed by atoms with E-state index >= 15 is 0 Å². The van der Waals surface area contributed by atoms with Crippen molar-refractivity contribution < 1.29 is 30.6 Å². The second kappa shape index (κ2) is 9.82. The van der Waals surface area contributed by atoms with Gasteiger partial charge in [0.25, 0.3) is 5.91 Å². The highest BCUT2D eigenvalue weighted by molar-refractivity contribution is 7.87. The number of carbonyl (C=O) groups excluding carboxylic acids is 1. The van der Waals surface area contributed by atoms with Crippen LogP contribution in [0, 0.1) is 0 Å². The number of hydrazone groups is 1. The molecule has 0 unspecified atom stereocenters. The molecule has 0 heterocycles. The molecule has 0 radical (unpaired) electrons. The second-order valence-corrected chi connectivity index (χ2v) is 8.81. The fraction of sp³-hybridized carbons (Fsp3) is 0.0476. The van der Waals surface area contributed by atoms with Crippen molar-refractivity contribution in [3.8, 4) is 5.75 Å². The lowest BCUT2D eigenvalue weighted by molar-refractivity contribution is -0.137. The van der Waals surface area contributed by atoms with Crippen LogP contribution in [0.1, 0.15) is 21.5 Å². The van der Waals surface area contributed by atoms with Gasteiger partial charge in [0.2, 0.25) is 0 Å². The number of nitrogens with zero attached hydrogens (tertiary/aromatic N) is 1. The Morgan fingerprint density at radius 2 is 1.67 bits per heavy atom. The first-order chi connectivity index (χ1) is 15.5. The summed E-state index contributed by atoms with van der Waals surface area (Å²) in [6.45, 7) is 0. The van der Waals surface area contributed by atoms with E-state index in [4.69, 9.17) is 27.4 Å². The third-order valence-electron chi connectivity index (χ3n) is 4.13. The average Bonchev–Trinajstić information content (AvgIpc) is 2.74. The molecule has 3 aromatic rings. The molecule has 33 heavy (non-hydrogen) atoms. The Kier molecular flexibility index (Phi) is 7.31. The number of hydrogen-bond donors (Lipinski definition) is 1. The summed E-state index contributed by atoms with van der Waals surface area (Å²) in [6.07, 6.45) is -3.47. The third kappa shape index (κ3) is 6.25. The normalized spacial score (nSPS) is 12.0. The lowest BCUT2D eigenvalue weighted by Crippen LogP contribution is -2.18. The van der Waals surface area contributed by atoms with Gasteiger partial charge in [-0.1, -0.05) is 35.3 Å². The number of alkyl halides is 3. The van der Waals surface area contributed by atoms with Gasteiger partial charge in [0.15, 0.2) is 5.75 Å². The van der Waals surface area contributed by atoms with E-state index in [1.807, 2.05) is 0 Å². The molecule has 0 saturated heterocycles. The van der Waals surface area contributed by atoms with Gasteiger partial charge >= 0.3 is 16.3 Å². The van der Waals surface area contributed by atoms with Gasteiger partial charge in [-0.05, 0) is 54.6 Å². The predicted octanol–water partition coefficient (Wildman–Crippen LogP) is 5.54. The first-order valence-electron chi connectivity index (χ1n) is 8.96. The highest BCUT2D eigenvalue weighted by atomic mass is 35.5. The SMILES string of the molecule is O=C(N/N=C/c1ccccc1OS(=O)(=O)c1ccc(C(F)(F)F)cc1)c1ccc(Cl)cc1Cl. The molecule has 3 rings (SSSR count). The van der Waals surface area contributed by atoms with Crippen LogP contribution >= 0.6 is 23.2 Å². The maximum Gasteiger partial charge on any atom is 0.416 e. The second-order valence-electron chi connectivity index (χ2n) is 6.42. The summed E-state index contributed by atoms with van der Waals surface area (Å²) in [6, 6.07) is 13.0. The minimum Gasteiger partial charge on any atom is -0.378 e. The van der Waals surface area contributed by atoms with E-state index in [1.165, 1.54) is 36.4 Å². The number of rotatable bonds is 6. The Morgan fingerprint density at radius 3 is 2.30 bits per heavy atom. The smallest absolute Gasteiger partial charge is 0.378 e. The van der Waals surface area contributed by atoms with Crippen molar-refractivity contribution in [3.05, 3.63) is 93.5 Å². The van der Waals surface area contributed by atoms with Crippen LogP contribution in [0.4, 0.5) is 13.2 Å². The van der Waals surface area contributed by atoms with Crippen LogP contribution in [0.2, 0.25) is 10.0 Å². The molecule has 0 atom stereocenters. The molecular formula is C21H13Cl2F3N2O4S. The number of halogens is 5. The fourth-order valence-corrected chi connectivity index (χ4v) is 3.98. The fourth-order valence-electron chi connectivity index (χ4n) is 2.53. The molecule has 172 valence electrons. The molecule has 1 amide bonds. The van der Waals surface area contributed by atoms with E-state index in [9.17, 15) is 26.4 Å². The first-order valence-corrected chi connectivity index (χ1v) is 11.1. The van der Waals surface area contributed by atoms with Gasteiger partial charge in [-0.2, -0.15) is 26.7 Å². The largest absolute Gasteiger partial charge is 0.416 e. The highest BCUT2D eigenvalue weighted by Gasteiger charge is 2.31. The van der Waals surface area contributed by atoms with E-state index in [-0.39, 0.29) is 21.9 Å². The van der Waals surface area contributed by atoms with Crippen LogP contribution in [0.3, 0.4) is 0 Å². The molecule has 12 heteroatoms. The molecule has 0 aliphatic heterocycles. The Morgan fingerprint density at radius 1 is 1.00 bits per heavy atom. The van der Waals surface area contributed by atoms with Crippen LogP contribution in [-0.4, -0.2) is 20.5 Å². The highest BCUT2D eigenvalue weighted by Crippen LogP contribution is 2.30. The maximum absolute atomic E-state index is 12.7. The topological polar surface area (TPSA) is 84.8 Å². The van der Waals surface area contributed by atoms with E-state index in [1.54, 1.807) is 6.07 Å². The van der Waals surface area contributed by atoms with Crippen LogP contribution < -0.4 is 9.61 Å². The number of para-hydroxylation sites is 1. The summed E-state index contributed by atoms with van der Waals surface area (Å²) < 4.78 is 68.2. The summed E-state index contributed by atoms with van der Waals surface area (Å²) >= 11 is 11.8. The quantitative estimate of drug-likeness (QED) is 0.264. The lowest BCUT2D eigenvalue weighted by Gasteiger charge is -2.11. The number of hydrogen-bond acceptors (Lipinski definition) is 5. The summed E-state index contributed by atoms with van der Waals surface area (Å²) in [5.41, 5.74) is 1.54. The van der Waals surface area contributed by atoms with Gasteiger partial charge < -0.3 is 4.18 Å². The monoisotopic (exact) mass is 516 g/mol. The first kappa shape index (κ1) is 24.6. The summed E-state index contributed by atoms with van der Waals surface area (Å²) in [5.74, 6) is -0.788. The zero-order valence-corrected chi connectivity index (χ0v) is 18.6. The van der Waals surface area contributed by atoms with Crippen molar-refractivity contribution in [1.82, 2.24) is 5.43 Å². The van der Waals surface area contributed by atoms with Gasteiger partial charge in [0.05, 0.1) is 22.4 Å². The molecule has 3 aromatic carbocycles. The lowest BCUT2D eigenvalue weighted by atomic mass is 10.2. The standard InChI is InChI=1S/C21H13Cl2F3N2O4S/c22-15-7-10-17(18(23)11-15)20(29)28-27-12-13-3-1-2-4-19(13)32-33(30,31)16-8-5-14(6-9-16)21(24,25)26/h1-12H,(H,28,29)/b27-12+. The van der Waals surface area contributed by atoms with Gasteiger partial charge in [-0.25, -0.2) is 5.43 Å². The van der Waals surface area contributed by atoms with Crippen LogP contribution in [-0.2, 0) is 16.3 Å². The van der Waals surface area contributed by atoms with Crippen molar-refractivity contribution in [3.63, 3.8) is 0 Å². The van der Waals surface area contributed by atoms with E-state index in [2.05, 4.69) is 10.5 Å². The van der Waals surface area contributed by atoms with Gasteiger partial charge in [0, 0.05) is 10.6 Å². The van der Waals surface area contributed by atoms with Gasteiger partial charge in [-0.15, -0.1) is 0 Å². The average molecular weight is 517 g/mol. The molecule has 0 saturated carbocycles. The van der Waals surface area contributed by atoms with Crippen molar-refractivity contribution in [2.75, 3.05) is 0 Å². The molecule has 0 bridgehead atoms. The Bertz CT molecular complexity index is 1310. The number of benzene rings is 3. The number of nitrogens with one attached hydrogen (secondary N) is 1. The van der Waals surface area contributed by atoms with Crippen molar-refractivity contribution in [2.24, 2.45) is 5.10 Å². The molecule has 6 nitrogen and oxygen atoms in total. The molecular weight excluding hydrogens is 504 g/mol. The minimum absolute atomic E-state index is 0.113. The van der Waals surface area contributed by atoms with Crippen molar-refractivity contribution >= 4 is 45.4 Å². The zero-order valence-electron chi connectivity index (χ0n) is 16.3. The van der Waals surface area contributed by atoms with E-state index in [0.717, 1.165) is 18.3 Å². The van der Waals surface area contributed by atoms with Crippen LogP contribution in [0.15, 0.2) is 76.7 Å². The molecule has 0 fully saturated rings. The van der Waals surface area contributed by atoms with Crippen molar-refractivity contribution in [1.29, 1.82) is 0 Å². The number of carbonyl (C=O) groups is 1. The Labute approximate surface area is 196 Å². The van der Waals surface area contributed by atoms with Crippen LogP contribution in [0.25, 0.3) is 0 Å². The van der Waals surface area contributed by atoms with Crippen LogP contribution in [0.5, 0.6) is 5.75 Å². The predicted molar refractivity (Wildman–Crippen MR) is 117 cm³/mol. The Hall–Kier alpha value is -3.08. The number of amides is 1. The zero-order chi connectivity index (χ0) is 24.2. The van der Waals surface area contributed by atoms with E-state index in [0.29, 0.717) is 17.2 Å². The molecule has 0 spiro atoms. The van der Waals surface area contributed by atoms with Gasteiger partial charge in [0.1, 0.15) is 4.90 Å². The minimum atomic E-state index is -4.60. The molecule has 0 aliphatic carbocycles. The summed E-state index contributed by atoms with van der Waals surface area (Å²) in [5, 5.41) is 4.23. The van der Waals surface area contributed by atoms with Crippen molar-refractivity contribution in [2.45, 2.75) is 11.1 Å². The molecule has 0 aromatic heterocycles. The molecule has 0 aliphatic rings. The van der Waals surface area contributed by atoms with E-state index < -0.39 is 32.7 Å². The molecule has 1 N–H and O–H groups in total.